The summed E-state index contributed by atoms with van der Waals surface area (Å²) >= 11 is 5.93. The first kappa shape index (κ1) is 15.4. The molecule has 124 valence electrons. The maximum absolute atomic E-state index is 12.2. The topological polar surface area (TPSA) is 64.2 Å². The highest BCUT2D eigenvalue weighted by atomic mass is 35.5. The molecule has 0 aliphatic heterocycles. The fourth-order valence-corrected chi connectivity index (χ4v) is 2.80. The maximum Gasteiger partial charge on any atom is 0.258 e. The number of rotatable bonds is 4. The lowest BCUT2D eigenvalue weighted by Crippen LogP contribution is -2.17. The van der Waals surface area contributed by atoms with Gasteiger partial charge in [0.05, 0.1) is 28.6 Å². The Hall–Kier alpha value is -3.12. The van der Waals surface area contributed by atoms with Gasteiger partial charge >= 0.3 is 0 Å². The lowest BCUT2D eigenvalue weighted by atomic mass is 10.2. The number of para-hydroxylation sites is 2. The quantitative estimate of drug-likeness (QED) is 0.613. The molecular weight excluding hydrogens is 338 g/mol. The second-order valence-corrected chi connectivity index (χ2v) is 5.92. The summed E-state index contributed by atoms with van der Waals surface area (Å²) in [7, 11) is 0. The second-order valence-electron chi connectivity index (χ2n) is 5.48. The van der Waals surface area contributed by atoms with Crippen LogP contribution in [0.3, 0.4) is 0 Å². The number of halogens is 1. The largest absolute Gasteiger partial charge is 0.378 e. The van der Waals surface area contributed by atoms with E-state index in [2.05, 4.69) is 15.4 Å². The molecule has 0 saturated carbocycles. The van der Waals surface area contributed by atoms with E-state index in [9.17, 15) is 4.79 Å². The normalized spacial score (nSPS) is 10.9. The number of anilines is 1. The molecule has 1 N–H and O–H groups in total. The van der Waals surface area contributed by atoms with Crippen LogP contribution in [0.5, 0.6) is 0 Å². The van der Waals surface area contributed by atoms with Gasteiger partial charge in [-0.25, -0.2) is 9.67 Å². The van der Waals surface area contributed by atoms with Crippen LogP contribution in [0.1, 0.15) is 5.69 Å². The van der Waals surface area contributed by atoms with Crippen molar-refractivity contribution in [3.05, 3.63) is 88.2 Å². The van der Waals surface area contributed by atoms with Gasteiger partial charge in [0.25, 0.3) is 5.56 Å². The van der Waals surface area contributed by atoms with Crippen LogP contribution in [0.25, 0.3) is 11.3 Å². The molecule has 4 rings (SSSR count). The van der Waals surface area contributed by atoms with Crippen molar-refractivity contribution in [1.82, 2.24) is 19.2 Å². The standard InChI is InChI=1S/C18H14ClN5O/c19-13-6-7-17-22-14(10-18(25)23(17)12-13)11-20-15-4-1-2-5-16(15)24-9-3-8-21-24/h1-10,12,20H,11H2. The summed E-state index contributed by atoms with van der Waals surface area (Å²) in [5.74, 6) is 0. The number of hydrogen-bond acceptors (Lipinski definition) is 4. The van der Waals surface area contributed by atoms with Gasteiger partial charge in [0.15, 0.2) is 0 Å². The third kappa shape index (κ3) is 3.12. The molecule has 0 saturated heterocycles. The Balaban J connectivity index is 1.63. The van der Waals surface area contributed by atoms with Crippen LogP contribution in [0.4, 0.5) is 5.69 Å². The van der Waals surface area contributed by atoms with Crippen LogP contribution in [0.2, 0.25) is 5.02 Å². The molecule has 0 bridgehead atoms. The number of aromatic nitrogens is 4. The zero-order valence-corrected chi connectivity index (χ0v) is 13.9. The van der Waals surface area contributed by atoms with Crippen molar-refractivity contribution in [3.8, 4) is 5.69 Å². The smallest absolute Gasteiger partial charge is 0.258 e. The molecule has 1 aromatic carbocycles. The maximum atomic E-state index is 12.2. The Morgan fingerprint density at radius 1 is 1.12 bits per heavy atom. The van der Waals surface area contributed by atoms with E-state index in [1.807, 2.05) is 36.5 Å². The van der Waals surface area contributed by atoms with E-state index in [0.29, 0.717) is 22.9 Å². The van der Waals surface area contributed by atoms with E-state index in [1.165, 1.54) is 10.5 Å². The summed E-state index contributed by atoms with van der Waals surface area (Å²) in [5, 5.41) is 8.08. The van der Waals surface area contributed by atoms with Gasteiger partial charge in [-0.05, 0) is 30.3 Å². The van der Waals surface area contributed by atoms with Gasteiger partial charge in [0, 0.05) is 24.7 Å². The van der Waals surface area contributed by atoms with Gasteiger partial charge in [-0.2, -0.15) is 5.10 Å². The summed E-state index contributed by atoms with van der Waals surface area (Å²) in [5.41, 5.74) is 2.89. The molecule has 0 atom stereocenters. The van der Waals surface area contributed by atoms with E-state index in [0.717, 1.165) is 11.4 Å². The molecular formula is C18H14ClN5O. The monoisotopic (exact) mass is 351 g/mol. The van der Waals surface area contributed by atoms with Crippen molar-refractivity contribution in [2.75, 3.05) is 5.32 Å². The van der Waals surface area contributed by atoms with Crippen molar-refractivity contribution in [2.24, 2.45) is 0 Å². The molecule has 25 heavy (non-hydrogen) atoms. The van der Waals surface area contributed by atoms with Gasteiger partial charge in [-0.3, -0.25) is 9.20 Å². The number of hydrogen-bond donors (Lipinski definition) is 1. The van der Waals surface area contributed by atoms with E-state index in [-0.39, 0.29) is 5.56 Å². The number of nitrogens with zero attached hydrogens (tertiary/aromatic N) is 4. The summed E-state index contributed by atoms with van der Waals surface area (Å²) in [6.07, 6.45) is 5.18. The highest BCUT2D eigenvalue weighted by Gasteiger charge is 2.06. The van der Waals surface area contributed by atoms with Crippen LogP contribution in [0.15, 0.2) is 71.9 Å². The Labute approximate surface area is 148 Å². The summed E-state index contributed by atoms with van der Waals surface area (Å²) in [4.78, 5) is 16.7. The van der Waals surface area contributed by atoms with Gasteiger partial charge in [-0.15, -0.1) is 0 Å². The van der Waals surface area contributed by atoms with Gasteiger partial charge in [0.1, 0.15) is 5.65 Å². The first-order valence-electron chi connectivity index (χ1n) is 7.71. The molecule has 0 unspecified atom stereocenters. The molecule has 7 heteroatoms. The molecule has 0 aliphatic rings. The molecule has 3 aromatic heterocycles. The Kier molecular flexibility index (Phi) is 3.95. The molecule has 0 amide bonds. The van der Waals surface area contributed by atoms with Crippen molar-refractivity contribution >= 4 is 22.9 Å². The Morgan fingerprint density at radius 3 is 2.84 bits per heavy atom. The highest BCUT2D eigenvalue weighted by molar-refractivity contribution is 6.30. The van der Waals surface area contributed by atoms with Crippen molar-refractivity contribution in [1.29, 1.82) is 0 Å². The van der Waals surface area contributed by atoms with Gasteiger partial charge in [0.2, 0.25) is 0 Å². The van der Waals surface area contributed by atoms with E-state index < -0.39 is 0 Å². The predicted octanol–water partition coefficient (Wildman–Crippen LogP) is 3.15. The van der Waals surface area contributed by atoms with E-state index >= 15 is 0 Å². The molecule has 3 heterocycles. The zero-order chi connectivity index (χ0) is 17.2. The minimum Gasteiger partial charge on any atom is -0.378 e. The summed E-state index contributed by atoms with van der Waals surface area (Å²) in [6.45, 7) is 0.423. The van der Waals surface area contributed by atoms with Gasteiger partial charge in [-0.1, -0.05) is 23.7 Å². The molecule has 6 nitrogen and oxygen atoms in total. The number of pyridine rings is 1. The third-order valence-electron chi connectivity index (χ3n) is 3.79. The van der Waals surface area contributed by atoms with Crippen LogP contribution in [-0.4, -0.2) is 19.2 Å². The molecule has 4 aromatic rings. The minimum atomic E-state index is -0.162. The third-order valence-corrected chi connectivity index (χ3v) is 4.02. The fourth-order valence-electron chi connectivity index (χ4n) is 2.64. The summed E-state index contributed by atoms with van der Waals surface area (Å²) < 4.78 is 3.22. The fraction of sp³-hybridized carbons (Fsp3) is 0.0556. The molecule has 0 fully saturated rings. The lowest BCUT2D eigenvalue weighted by Gasteiger charge is -2.12. The van der Waals surface area contributed by atoms with Gasteiger partial charge < -0.3 is 5.32 Å². The number of benzene rings is 1. The highest BCUT2D eigenvalue weighted by Crippen LogP contribution is 2.19. The zero-order valence-electron chi connectivity index (χ0n) is 13.1. The molecule has 0 aliphatic carbocycles. The average Bonchev–Trinajstić information content (AvgIpc) is 3.15. The van der Waals surface area contributed by atoms with Crippen molar-refractivity contribution < 1.29 is 0 Å². The molecule has 0 spiro atoms. The lowest BCUT2D eigenvalue weighted by molar-refractivity contribution is 0.877. The SMILES string of the molecule is O=c1cc(CNc2ccccc2-n2cccn2)nc2ccc(Cl)cn12. The Morgan fingerprint density at radius 2 is 2.00 bits per heavy atom. The average molecular weight is 352 g/mol. The minimum absolute atomic E-state index is 0.162. The van der Waals surface area contributed by atoms with Crippen molar-refractivity contribution in [2.45, 2.75) is 6.54 Å². The van der Waals surface area contributed by atoms with E-state index in [4.69, 9.17) is 11.6 Å². The number of nitrogens with one attached hydrogen (secondary N) is 1. The Bertz CT molecular complexity index is 1090. The van der Waals surface area contributed by atoms with Crippen LogP contribution >= 0.6 is 11.6 Å². The van der Waals surface area contributed by atoms with Crippen LogP contribution in [0, 0.1) is 0 Å². The van der Waals surface area contributed by atoms with Crippen LogP contribution < -0.4 is 10.9 Å². The van der Waals surface area contributed by atoms with E-state index in [1.54, 1.807) is 29.2 Å². The predicted molar refractivity (Wildman–Crippen MR) is 97.4 cm³/mol. The second kappa shape index (κ2) is 6.41. The first-order chi connectivity index (χ1) is 12.2. The molecule has 0 radical (unpaired) electrons. The van der Waals surface area contributed by atoms with Crippen molar-refractivity contribution in [3.63, 3.8) is 0 Å². The number of fused-ring (bicyclic) bond motifs is 1. The summed E-state index contributed by atoms with van der Waals surface area (Å²) in [6, 6.07) is 14.6. The van der Waals surface area contributed by atoms with Crippen LogP contribution in [-0.2, 0) is 6.54 Å². The first-order valence-corrected chi connectivity index (χ1v) is 8.09.